The number of benzene rings is 2. The van der Waals surface area contributed by atoms with Gasteiger partial charge < -0.3 is 9.47 Å². The number of hydrogen-bond donors (Lipinski definition) is 0. The summed E-state index contributed by atoms with van der Waals surface area (Å²) in [7, 11) is 1.54. The standard InChI is InChI=1S/C25H21N3O6/c1-14(29)34-18-11-7-16(8-12-18)27-24(31)20-19-4-3-13-26-28(19)22(21(20)25(27)32)23(30)15-5-9-17(33-2)10-6-15/h3-13,19-22H,1-2H3/t19-,20+,21+,22-/m1/s1. The van der Waals surface area contributed by atoms with E-state index in [9.17, 15) is 19.2 Å². The molecule has 2 aromatic rings. The van der Waals surface area contributed by atoms with Gasteiger partial charge in [-0.05, 0) is 54.6 Å². The number of hydrazone groups is 1. The van der Waals surface area contributed by atoms with Gasteiger partial charge in [0, 0.05) is 18.7 Å². The summed E-state index contributed by atoms with van der Waals surface area (Å²) in [6.45, 7) is 1.29. The van der Waals surface area contributed by atoms with Gasteiger partial charge in [-0.15, -0.1) is 0 Å². The van der Waals surface area contributed by atoms with E-state index >= 15 is 0 Å². The highest BCUT2D eigenvalue weighted by Gasteiger charge is 2.64. The fraction of sp³-hybridized carbons (Fsp3) is 0.240. The Morgan fingerprint density at radius 3 is 2.21 bits per heavy atom. The molecule has 9 nitrogen and oxygen atoms in total. The second-order valence-corrected chi connectivity index (χ2v) is 8.21. The summed E-state index contributed by atoms with van der Waals surface area (Å²) in [6.07, 6.45) is 5.06. The maximum Gasteiger partial charge on any atom is 0.308 e. The minimum Gasteiger partial charge on any atom is -0.497 e. The van der Waals surface area contributed by atoms with Crippen molar-refractivity contribution in [3.05, 3.63) is 66.2 Å². The third kappa shape index (κ3) is 3.37. The molecule has 2 fully saturated rings. The summed E-state index contributed by atoms with van der Waals surface area (Å²) < 4.78 is 10.2. The Kier molecular flexibility index (Phi) is 5.24. The molecule has 172 valence electrons. The Bertz CT molecular complexity index is 1230. The van der Waals surface area contributed by atoms with Crippen LogP contribution < -0.4 is 14.4 Å². The van der Waals surface area contributed by atoms with E-state index in [1.165, 1.54) is 26.2 Å². The summed E-state index contributed by atoms with van der Waals surface area (Å²) in [6, 6.07) is 11.3. The van der Waals surface area contributed by atoms with E-state index < -0.39 is 41.7 Å². The highest BCUT2D eigenvalue weighted by molar-refractivity contribution is 6.24. The van der Waals surface area contributed by atoms with Crippen LogP contribution in [0.5, 0.6) is 11.5 Å². The van der Waals surface area contributed by atoms with Crippen LogP contribution in [0.3, 0.4) is 0 Å². The number of methoxy groups -OCH3 is 1. The number of carbonyl (C=O) groups is 4. The summed E-state index contributed by atoms with van der Waals surface area (Å²) in [5.74, 6) is -2.34. The van der Waals surface area contributed by atoms with E-state index in [1.807, 2.05) is 0 Å². The largest absolute Gasteiger partial charge is 0.497 e. The number of esters is 1. The number of ether oxygens (including phenoxy) is 2. The van der Waals surface area contributed by atoms with Crippen molar-refractivity contribution < 1.29 is 28.7 Å². The minimum absolute atomic E-state index is 0.291. The van der Waals surface area contributed by atoms with Crippen LogP contribution in [0.25, 0.3) is 0 Å². The first-order chi connectivity index (χ1) is 16.4. The van der Waals surface area contributed by atoms with Gasteiger partial charge in [0.25, 0.3) is 0 Å². The molecule has 0 aromatic heterocycles. The SMILES string of the molecule is COc1ccc(C(=O)[C@H]2[C@H]3C(=O)N(c4ccc(OC(C)=O)cc4)C(=O)[C@H]3[C@H]3C=CC=NN32)cc1. The van der Waals surface area contributed by atoms with E-state index in [2.05, 4.69) is 5.10 Å². The lowest BCUT2D eigenvalue weighted by Crippen LogP contribution is -2.46. The molecule has 34 heavy (non-hydrogen) atoms. The molecular weight excluding hydrogens is 438 g/mol. The molecule has 3 aliphatic heterocycles. The van der Waals surface area contributed by atoms with Gasteiger partial charge in [0.1, 0.15) is 17.5 Å². The second kappa shape index (κ2) is 8.26. The van der Waals surface area contributed by atoms with Crippen molar-refractivity contribution in [2.24, 2.45) is 16.9 Å². The van der Waals surface area contributed by atoms with E-state index in [0.717, 1.165) is 4.90 Å². The monoisotopic (exact) mass is 459 g/mol. The molecule has 0 radical (unpaired) electrons. The topological polar surface area (TPSA) is 106 Å². The van der Waals surface area contributed by atoms with Crippen LogP contribution in [0.4, 0.5) is 5.69 Å². The number of ketones is 1. The summed E-state index contributed by atoms with van der Waals surface area (Å²) >= 11 is 0. The smallest absolute Gasteiger partial charge is 0.308 e. The van der Waals surface area contributed by atoms with Crippen molar-refractivity contribution in [1.82, 2.24) is 5.01 Å². The molecule has 0 saturated carbocycles. The fourth-order valence-electron chi connectivity index (χ4n) is 4.85. The summed E-state index contributed by atoms with van der Waals surface area (Å²) in [4.78, 5) is 52.9. The Labute approximate surface area is 195 Å². The van der Waals surface area contributed by atoms with Crippen molar-refractivity contribution >= 4 is 35.5 Å². The molecule has 5 rings (SSSR count). The number of Topliss-reactive ketones (excluding diaryl/α,β-unsaturated/α-hetero) is 1. The number of anilines is 1. The molecule has 3 aliphatic rings. The molecule has 0 spiro atoms. The predicted molar refractivity (Wildman–Crippen MR) is 122 cm³/mol. The molecule has 0 N–H and O–H groups in total. The van der Waals surface area contributed by atoms with Gasteiger partial charge in [0.05, 0.1) is 30.7 Å². The zero-order valence-electron chi connectivity index (χ0n) is 18.5. The highest BCUT2D eigenvalue weighted by Crippen LogP contribution is 2.46. The van der Waals surface area contributed by atoms with E-state index in [0.29, 0.717) is 22.7 Å². The Morgan fingerprint density at radius 2 is 1.56 bits per heavy atom. The van der Waals surface area contributed by atoms with Gasteiger partial charge in [0.15, 0.2) is 5.78 Å². The van der Waals surface area contributed by atoms with Crippen molar-refractivity contribution in [3.8, 4) is 11.5 Å². The average molecular weight is 459 g/mol. The Hall–Kier alpha value is -4.27. The van der Waals surface area contributed by atoms with Crippen molar-refractivity contribution in [1.29, 1.82) is 0 Å². The van der Waals surface area contributed by atoms with Crippen LogP contribution in [-0.2, 0) is 14.4 Å². The molecule has 2 aromatic carbocycles. The second-order valence-electron chi connectivity index (χ2n) is 8.21. The number of hydrogen-bond acceptors (Lipinski definition) is 8. The lowest BCUT2D eigenvalue weighted by Gasteiger charge is -2.30. The van der Waals surface area contributed by atoms with E-state index in [4.69, 9.17) is 9.47 Å². The van der Waals surface area contributed by atoms with Gasteiger partial charge in [0.2, 0.25) is 11.8 Å². The zero-order valence-corrected chi connectivity index (χ0v) is 18.5. The predicted octanol–water partition coefficient (Wildman–Crippen LogP) is 2.22. The molecular formula is C25H21N3O6. The number of allylic oxidation sites excluding steroid dienone is 1. The third-order valence-electron chi connectivity index (χ3n) is 6.29. The number of amides is 2. The maximum absolute atomic E-state index is 13.6. The third-order valence-corrected chi connectivity index (χ3v) is 6.29. The molecule has 0 bridgehead atoms. The summed E-state index contributed by atoms with van der Waals surface area (Å²) in [5.41, 5.74) is 0.755. The van der Waals surface area contributed by atoms with Gasteiger partial charge in [-0.1, -0.05) is 6.08 Å². The molecule has 2 amide bonds. The number of fused-ring (bicyclic) bond motifs is 3. The van der Waals surface area contributed by atoms with Crippen LogP contribution in [0.2, 0.25) is 0 Å². The molecule has 0 aliphatic carbocycles. The number of imide groups is 1. The zero-order chi connectivity index (χ0) is 24.0. The van der Waals surface area contributed by atoms with Gasteiger partial charge in [-0.3, -0.25) is 24.2 Å². The molecule has 4 atom stereocenters. The molecule has 3 heterocycles. The van der Waals surface area contributed by atoms with Gasteiger partial charge >= 0.3 is 5.97 Å². The van der Waals surface area contributed by atoms with Crippen molar-refractivity contribution in [3.63, 3.8) is 0 Å². The summed E-state index contributed by atoms with van der Waals surface area (Å²) in [5, 5.41) is 5.91. The maximum atomic E-state index is 13.6. The first kappa shape index (κ1) is 21.6. The normalized spacial score (nSPS) is 24.8. The van der Waals surface area contributed by atoms with E-state index in [1.54, 1.807) is 59.8 Å². The fourth-order valence-corrected chi connectivity index (χ4v) is 4.85. The Morgan fingerprint density at radius 1 is 0.912 bits per heavy atom. The van der Waals surface area contributed by atoms with Gasteiger partial charge in [-0.2, -0.15) is 5.10 Å². The van der Waals surface area contributed by atoms with E-state index in [-0.39, 0.29) is 5.78 Å². The number of rotatable bonds is 5. The lowest BCUT2D eigenvalue weighted by atomic mass is 9.86. The van der Waals surface area contributed by atoms with Crippen LogP contribution in [0.1, 0.15) is 17.3 Å². The average Bonchev–Trinajstić information content (AvgIpc) is 3.31. The van der Waals surface area contributed by atoms with Gasteiger partial charge in [-0.25, -0.2) is 4.90 Å². The number of carbonyl (C=O) groups excluding carboxylic acids is 4. The molecule has 0 unspecified atom stereocenters. The lowest BCUT2D eigenvalue weighted by molar-refractivity contribution is -0.132. The molecule has 9 heteroatoms. The first-order valence-corrected chi connectivity index (χ1v) is 10.7. The van der Waals surface area contributed by atoms with Crippen LogP contribution in [0, 0.1) is 11.8 Å². The first-order valence-electron chi connectivity index (χ1n) is 10.7. The highest BCUT2D eigenvalue weighted by atomic mass is 16.5. The van der Waals surface area contributed by atoms with Crippen LogP contribution in [-0.4, -0.2) is 54.0 Å². The van der Waals surface area contributed by atoms with Crippen LogP contribution in [0.15, 0.2) is 65.8 Å². The number of nitrogens with zero attached hydrogens (tertiary/aromatic N) is 3. The quantitative estimate of drug-likeness (QED) is 0.292. The Balaban J connectivity index is 1.50. The van der Waals surface area contributed by atoms with Crippen molar-refractivity contribution in [2.75, 3.05) is 12.0 Å². The van der Waals surface area contributed by atoms with Crippen LogP contribution >= 0.6 is 0 Å². The van der Waals surface area contributed by atoms with Crippen molar-refractivity contribution in [2.45, 2.75) is 19.0 Å². The minimum atomic E-state index is -0.925. The molecule has 2 saturated heterocycles.